The highest BCUT2D eigenvalue weighted by Gasteiger charge is 2.29. The summed E-state index contributed by atoms with van der Waals surface area (Å²) in [6.45, 7) is 4.90. The molecule has 0 aromatic heterocycles. The maximum Gasteiger partial charge on any atom is 0.328 e. The molecule has 116 valence electrons. The Morgan fingerprint density at radius 1 is 1.33 bits per heavy atom. The summed E-state index contributed by atoms with van der Waals surface area (Å²) in [4.78, 5) is 22.9. The Bertz CT molecular complexity index is 511. The number of benzene rings is 1. The van der Waals surface area contributed by atoms with E-state index in [1.54, 1.807) is 7.11 Å². The minimum absolute atomic E-state index is 0.0888. The molecular weight excluding hydrogens is 270 g/mol. The highest BCUT2D eigenvalue weighted by molar-refractivity contribution is 5.86. The van der Waals surface area contributed by atoms with Crippen LogP contribution in [0.4, 0.5) is 0 Å². The number of aliphatic carboxylic acids is 1. The second-order valence-electron chi connectivity index (χ2n) is 5.80. The first-order chi connectivity index (χ1) is 9.76. The highest BCUT2D eigenvalue weighted by Crippen LogP contribution is 2.22. The van der Waals surface area contributed by atoms with Gasteiger partial charge in [-0.15, -0.1) is 0 Å². The third kappa shape index (κ3) is 5.10. The molecule has 0 radical (unpaired) electrons. The van der Waals surface area contributed by atoms with Crippen molar-refractivity contribution < 1.29 is 19.4 Å². The molecule has 1 amide bonds. The number of methoxy groups -OCH3 is 1. The van der Waals surface area contributed by atoms with Crippen molar-refractivity contribution >= 4 is 11.9 Å². The Morgan fingerprint density at radius 3 is 2.52 bits per heavy atom. The molecule has 21 heavy (non-hydrogen) atoms. The fourth-order valence-corrected chi connectivity index (χ4v) is 2.09. The van der Waals surface area contributed by atoms with Gasteiger partial charge < -0.3 is 15.2 Å². The predicted molar refractivity (Wildman–Crippen MR) is 80.3 cm³/mol. The highest BCUT2D eigenvalue weighted by atomic mass is 16.5. The van der Waals surface area contributed by atoms with Crippen molar-refractivity contribution in [2.45, 2.75) is 39.2 Å². The molecule has 0 spiro atoms. The zero-order valence-corrected chi connectivity index (χ0v) is 13.0. The van der Waals surface area contributed by atoms with Gasteiger partial charge in [-0.2, -0.15) is 0 Å². The topological polar surface area (TPSA) is 75.6 Å². The summed E-state index contributed by atoms with van der Waals surface area (Å²) in [6, 6.07) is 7.68. The van der Waals surface area contributed by atoms with E-state index in [4.69, 9.17) is 9.84 Å². The van der Waals surface area contributed by atoms with Gasteiger partial charge >= 0.3 is 5.97 Å². The monoisotopic (exact) mass is 293 g/mol. The minimum Gasteiger partial charge on any atom is -0.496 e. The van der Waals surface area contributed by atoms with Gasteiger partial charge in [0.25, 0.3) is 0 Å². The number of hydrogen-bond acceptors (Lipinski definition) is 3. The molecule has 1 aromatic carbocycles. The number of rotatable bonds is 7. The number of carboxylic acids is 1. The molecule has 0 aliphatic carbocycles. The lowest BCUT2D eigenvalue weighted by atomic mass is 9.96. The van der Waals surface area contributed by atoms with Crippen LogP contribution in [0.2, 0.25) is 0 Å². The minimum atomic E-state index is -1.25. The van der Waals surface area contributed by atoms with E-state index in [-0.39, 0.29) is 18.2 Å². The molecule has 0 aliphatic heterocycles. The molecule has 0 saturated carbocycles. The number of nitrogens with one attached hydrogen (secondary N) is 1. The number of hydrogen-bond donors (Lipinski definition) is 2. The van der Waals surface area contributed by atoms with Crippen molar-refractivity contribution in [3.63, 3.8) is 0 Å². The number of carbonyl (C=O) groups is 2. The molecule has 0 aliphatic rings. The standard InChI is InChI=1S/C16H23NO4/c1-11(9-12-7-5-6-8-13(12)21-4)10-14(18)17-16(2,3)15(19)20/h5-8,11H,9-10H2,1-4H3,(H,17,18)(H,19,20). The molecular formula is C16H23NO4. The van der Waals surface area contributed by atoms with Crippen molar-refractivity contribution in [3.05, 3.63) is 29.8 Å². The van der Waals surface area contributed by atoms with Crippen molar-refractivity contribution in [3.8, 4) is 5.75 Å². The lowest BCUT2D eigenvalue weighted by Gasteiger charge is -2.22. The van der Waals surface area contributed by atoms with E-state index in [2.05, 4.69) is 5.32 Å². The van der Waals surface area contributed by atoms with E-state index >= 15 is 0 Å². The number of para-hydroxylation sites is 1. The van der Waals surface area contributed by atoms with Crippen LogP contribution < -0.4 is 10.1 Å². The van der Waals surface area contributed by atoms with Crippen LogP contribution in [0.15, 0.2) is 24.3 Å². The van der Waals surface area contributed by atoms with Crippen LogP contribution in [0.1, 0.15) is 32.8 Å². The smallest absolute Gasteiger partial charge is 0.328 e. The van der Waals surface area contributed by atoms with Gasteiger partial charge in [-0.1, -0.05) is 25.1 Å². The molecule has 5 heteroatoms. The normalized spacial score (nSPS) is 12.6. The summed E-state index contributed by atoms with van der Waals surface area (Å²) in [5.41, 5.74) is -0.209. The number of carbonyl (C=O) groups excluding carboxylic acids is 1. The van der Waals surface area contributed by atoms with Gasteiger partial charge in [-0.05, 0) is 37.8 Å². The van der Waals surface area contributed by atoms with Crippen LogP contribution in [0.25, 0.3) is 0 Å². The first-order valence-electron chi connectivity index (χ1n) is 6.92. The van der Waals surface area contributed by atoms with Gasteiger partial charge in [-0.25, -0.2) is 4.79 Å². The van der Waals surface area contributed by atoms with Crippen LogP contribution in [0, 0.1) is 5.92 Å². The van der Waals surface area contributed by atoms with Gasteiger partial charge in [0.1, 0.15) is 11.3 Å². The molecule has 1 unspecified atom stereocenters. The van der Waals surface area contributed by atoms with Crippen LogP contribution in [0.3, 0.4) is 0 Å². The molecule has 1 aromatic rings. The number of amides is 1. The van der Waals surface area contributed by atoms with E-state index in [1.807, 2.05) is 31.2 Å². The third-order valence-electron chi connectivity index (χ3n) is 3.28. The van der Waals surface area contributed by atoms with Gasteiger partial charge in [0, 0.05) is 6.42 Å². The third-order valence-corrected chi connectivity index (χ3v) is 3.28. The Kier molecular flexibility index (Phi) is 5.76. The van der Waals surface area contributed by atoms with Crippen LogP contribution in [0.5, 0.6) is 5.75 Å². The lowest BCUT2D eigenvalue weighted by Crippen LogP contribution is -2.50. The number of ether oxygens (including phenoxy) is 1. The summed E-state index contributed by atoms with van der Waals surface area (Å²) in [7, 11) is 1.62. The van der Waals surface area contributed by atoms with Gasteiger partial charge in [-0.3, -0.25) is 4.79 Å². The lowest BCUT2D eigenvalue weighted by molar-refractivity contribution is -0.146. The van der Waals surface area contributed by atoms with E-state index in [0.717, 1.165) is 11.3 Å². The van der Waals surface area contributed by atoms with Gasteiger partial charge in [0.15, 0.2) is 0 Å². The van der Waals surface area contributed by atoms with Crippen LogP contribution >= 0.6 is 0 Å². The van der Waals surface area contributed by atoms with E-state index in [9.17, 15) is 9.59 Å². The summed E-state index contributed by atoms with van der Waals surface area (Å²) >= 11 is 0. The maximum absolute atomic E-state index is 11.9. The molecule has 0 fully saturated rings. The Morgan fingerprint density at radius 2 is 1.95 bits per heavy atom. The van der Waals surface area contributed by atoms with Gasteiger partial charge in [0.05, 0.1) is 7.11 Å². The summed E-state index contributed by atoms with van der Waals surface area (Å²) in [5, 5.41) is 11.5. The fourth-order valence-electron chi connectivity index (χ4n) is 2.09. The summed E-state index contributed by atoms with van der Waals surface area (Å²) in [5.74, 6) is -0.417. The Hall–Kier alpha value is -2.04. The average molecular weight is 293 g/mol. The average Bonchev–Trinajstić information content (AvgIpc) is 2.38. The first-order valence-corrected chi connectivity index (χ1v) is 6.92. The molecule has 0 bridgehead atoms. The summed E-state index contributed by atoms with van der Waals surface area (Å²) in [6.07, 6.45) is 0.972. The molecule has 1 atom stereocenters. The predicted octanol–water partition coefficient (Wildman–Crippen LogP) is 2.24. The Labute approximate surface area is 125 Å². The Balaban J connectivity index is 2.59. The largest absolute Gasteiger partial charge is 0.496 e. The van der Waals surface area contributed by atoms with Crippen LogP contribution in [-0.2, 0) is 16.0 Å². The quantitative estimate of drug-likeness (QED) is 0.808. The van der Waals surface area contributed by atoms with E-state index in [1.165, 1.54) is 13.8 Å². The SMILES string of the molecule is COc1ccccc1CC(C)CC(=O)NC(C)(C)C(=O)O. The van der Waals surface area contributed by atoms with Crippen molar-refractivity contribution in [2.75, 3.05) is 7.11 Å². The number of carboxylic acid groups (broad SMARTS) is 1. The van der Waals surface area contributed by atoms with Crippen molar-refractivity contribution in [2.24, 2.45) is 5.92 Å². The molecule has 1 rings (SSSR count). The van der Waals surface area contributed by atoms with Crippen molar-refractivity contribution in [1.82, 2.24) is 5.32 Å². The molecule has 0 saturated heterocycles. The maximum atomic E-state index is 11.9. The van der Waals surface area contributed by atoms with Crippen LogP contribution in [-0.4, -0.2) is 29.6 Å². The fraction of sp³-hybridized carbons (Fsp3) is 0.500. The summed E-state index contributed by atoms with van der Waals surface area (Å²) < 4.78 is 5.28. The molecule has 5 nitrogen and oxygen atoms in total. The first kappa shape index (κ1) is 17.0. The molecule has 0 heterocycles. The van der Waals surface area contributed by atoms with Gasteiger partial charge in [0.2, 0.25) is 5.91 Å². The van der Waals surface area contributed by atoms with Crippen molar-refractivity contribution in [1.29, 1.82) is 0 Å². The second-order valence-corrected chi connectivity index (χ2v) is 5.80. The zero-order chi connectivity index (χ0) is 16.0. The zero-order valence-electron chi connectivity index (χ0n) is 13.0. The van der Waals surface area contributed by atoms with E-state index < -0.39 is 11.5 Å². The van der Waals surface area contributed by atoms with E-state index in [0.29, 0.717) is 6.42 Å². The second kappa shape index (κ2) is 7.11. The molecule has 2 N–H and O–H groups in total.